The van der Waals surface area contributed by atoms with Crippen LogP contribution in [0.15, 0.2) is 30.2 Å². The molecule has 3 aliphatic rings. The number of aliphatic hydroxyl groups excluding tert-OH is 2. The first-order chi connectivity index (χ1) is 17.1. The third kappa shape index (κ3) is 5.55. The number of nitrogens with zero attached hydrogens (tertiary/aromatic N) is 1. The number of aromatic nitrogens is 1. The van der Waals surface area contributed by atoms with E-state index in [-0.39, 0.29) is 24.2 Å². The van der Waals surface area contributed by atoms with Gasteiger partial charge in [0.1, 0.15) is 11.6 Å². The summed E-state index contributed by atoms with van der Waals surface area (Å²) in [6.07, 6.45) is 2.85. The quantitative estimate of drug-likeness (QED) is 0.461. The first kappa shape index (κ1) is 26.9. The number of hydrogen-bond donors (Lipinski definition) is 2. The number of fused-ring (bicyclic) bond motifs is 1. The summed E-state index contributed by atoms with van der Waals surface area (Å²) in [6.45, 7) is 5.59. The van der Waals surface area contributed by atoms with Crippen molar-refractivity contribution in [2.75, 3.05) is 0 Å². The van der Waals surface area contributed by atoms with Crippen molar-refractivity contribution in [3.05, 3.63) is 35.9 Å². The molecule has 1 aromatic heterocycles. The van der Waals surface area contributed by atoms with Crippen molar-refractivity contribution >= 4 is 17.8 Å². The minimum atomic E-state index is -1.25. The molecule has 8 heteroatoms. The summed E-state index contributed by atoms with van der Waals surface area (Å²) in [5.41, 5.74) is -1.14. The molecule has 0 aromatic carbocycles. The minimum Gasteiger partial charge on any atom is -0.455 e. The zero-order chi connectivity index (χ0) is 26.1. The minimum absolute atomic E-state index is 0.108. The Kier molecular flexibility index (Phi) is 7.98. The van der Waals surface area contributed by atoms with Gasteiger partial charge in [0.2, 0.25) is 0 Å². The van der Waals surface area contributed by atoms with E-state index in [0.717, 1.165) is 12.8 Å². The number of carbonyl (C=O) groups is 2. The van der Waals surface area contributed by atoms with Crippen molar-refractivity contribution in [3.8, 4) is 0 Å². The predicted octanol–water partition coefficient (Wildman–Crippen LogP) is 4.16. The van der Waals surface area contributed by atoms with E-state index in [1.54, 1.807) is 31.3 Å². The Labute approximate surface area is 212 Å². The van der Waals surface area contributed by atoms with Gasteiger partial charge < -0.3 is 19.7 Å². The second kappa shape index (κ2) is 10.7. The molecule has 2 unspecified atom stereocenters. The average Bonchev–Trinajstić information content (AvgIpc) is 3.45. The largest absolute Gasteiger partial charge is 0.455 e. The molecule has 7 nitrogen and oxygen atoms in total. The zero-order valence-corrected chi connectivity index (χ0v) is 21.4. The lowest BCUT2D eigenvalue weighted by Crippen LogP contribution is -2.53. The second-order valence-electron chi connectivity index (χ2n) is 11.2. The fraction of sp³-hybridized carbons (Fsp3) is 0.679. The number of halogens is 1. The van der Waals surface area contributed by atoms with Crippen LogP contribution in [0.1, 0.15) is 77.8 Å². The number of ether oxygens (including phenoxy) is 2. The number of rotatable bonds is 2. The number of hydrogen-bond acceptors (Lipinski definition) is 7. The summed E-state index contributed by atoms with van der Waals surface area (Å²) in [4.78, 5) is 30.4. The predicted molar refractivity (Wildman–Crippen MR) is 131 cm³/mol. The Bertz CT molecular complexity index is 980. The molecule has 1 aromatic rings. The fourth-order valence-electron chi connectivity index (χ4n) is 5.82. The summed E-state index contributed by atoms with van der Waals surface area (Å²) in [7, 11) is 0. The standard InChI is InChI=1S/C28H38FNO6/c1-17-8-6-10-27(3)23(36-27)15-21(20(29)14-19-9-4-5-13-30-19)35-24(32)16-22(31)28(11-7-12-28)26(34)18(2)25(17)33/h4-5,9,13-14,17-18,21-23,25,31,33H,6-8,10-12,15-16H2,1-3H3/t17-,18-,21-,22-,23?,25-,27?/m0/s1. The van der Waals surface area contributed by atoms with Crippen LogP contribution in [0.25, 0.3) is 6.08 Å². The highest BCUT2D eigenvalue weighted by Crippen LogP contribution is 2.49. The number of cyclic esters (lactones) is 1. The van der Waals surface area contributed by atoms with Crippen molar-refractivity contribution < 1.29 is 33.7 Å². The molecule has 3 heterocycles. The molecule has 1 aliphatic carbocycles. The van der Waals surface area contributed by atoms with E-state index in [0.29, 0.717) is 31.4 Å². The van der Waals surface area contributed by atoms with E-state index in [1.807, 2.05) is 13.8 Å². The molecule has 3 fully saturated rings. The van der Waals surface area contributed by atoms with E-state index in [2.05, 4.69) is 4.98 Å². The Hall–Kier alpha value is -2.16. The SMILES string of the molecule is C[C@@H]1C(=O)C2(CCC2)[C@@H](O)CC(=O)O[C@H](C(F)=Cc2ccccn2)CC2OC2(C)CCC[C@H](C)[C@@H]1O. The number of carbonyl (C=O) groups excluding carboxylic acids is 2. The number of ketones is 1. The van der Waals surface area contributed by atoms with Crippen LogP contribution >= 0.6 is 0 Å². The maximum absolute atomic E-state index is 15.3. The molecule has 2 N–H and O–H groups in total. The van der Waals surface area contributed by atoms with E-state index < -0.39 is 53.5 Å². The molecule has 36 heavy (non-hydrogen) atoms. The first-order valence-electron chi connectivity index (χ1n) is 13.1. The number of Topliss-reactive ketones (excluding diaryl/α,β-unsaturated/α-hetero) is 1. The van der Waals surface area contributed by atoms with Crippen LogP contribution < -0.4 is 0 Å². The molecule has 1 saturated carbocycles. The average molecular weight is 504 g/mol. The number of pyridine rings is 1. The highest BCUT2D eigenvalue weighted by molar-refractivity contribution is 5.89. The zero-order valence-electron chi connectivity index (χ0n) is 21.4. The van der Waals surface area contributed by atoms with Crippen molar-refractivity contribution in [1.29, 1.82) is 0 Å². The van der Waals surface area contributed by atoms with Gasteiger partial charge in [0.05, 0.1) is 41.4 Å². The molecule has 0 amide bonds. The molecule has 198 valence electrons. The van der Waals surface area contributed by atoms with Crippen LogP contribution in [0.5, 0.6) is 0 Å². The summed E-state index contributed by atoms with van der Waals surface area (Å²) >= 11 is 0. The topological polar surface area (TPSA) is 109 Å². The van der Waals surface area contributed by atoms with Gasteiger partial charge in [-0.2, -0.15) is 0 Å². The molecule has 0 bridgehead atoms. The normalized spacial score (nSPS) is 38.1. The van der Waals surface area contributed by atoms with Gasteiger partial charge in [-0.05, 0) is 56.7 Å². The summed E-state index contributed by atoms with van der Waals surface area (Å²) < 4.78 is 26.8. The maximum atomic E-state index is 15.3. The van der Waals surface area contributed by atoms with E-state index in [9.17, 15) is 19.8 Å². The maximum Gasteiger partial charge on any atom is 0.309 e. The summed E-state index contributed by atoms with van der Waals surface area (Å²) in [5.74, 6) is -2.40. The number of esters is 1. The Morgan fingerprint density at radius 3 is 2.56 bits per heavy atom. The smallest absolute Gasteiger partial charge is 0.309 e. The van der Waals surface area contributed by atoms with Gasteiger partial charge >= 0.3 is 5.97 Å². The fourth-order valence-corrected chi connectivity index (χ4v) is 5.82. The molecular weight excluding hydrogens is 465 g/mol. The van der Waals surface area contributed by atoms with Crippen molar-refractivity contribution in [2.45, 2.75) is 102 Å². The number of epoxide rings is 1. The lowest BCUT2D eigenvalue weighted by molar-refractivity contribution is -0.162. The van der Waals surface area contributed by atoms with Gasteiger partial charge in [0, 0.05) is 18.5 Å². The highest BCUT2D eigenvalue weighted by Gasteiger charge is 2.55. The van der Waals surface area contributed by atoms with Crippen LogP contribution in [-0.2, 0) is 19.1 Å². The highest BCUT2D eigenvalue weighted by atomic mass is 19.1. The Balaban J connectivity index is 1.58. The monoisotopic (exact) mass is 503 g/mol. The molecule has 1 spiro atoms. The molecular formula is C28H38FNO6. The molecule has 4 rings (SSSR count). The van der Waals surface area contributed by atoms with Crippen LogP contribution in [0.2, 0.25) is 0 Å². The van der Waals surface area contributed by atoms with Crippen molar-refractivity contribution in [1.82, 2.24) is 4.98 Å². The van der Waals surface area contributed by atoms with Gasteiger partial charge in [0.15, 0.2) is 6.10 Å². The van der Waals surface area contributed by atoms with Crippen LogP contribution in [-0.4, -0.2) is 57.0 Å². The summed E-state index contributed by atoms with van der Waals surface area (Å²) in [5, 5.41) is 21.9. The lowest BCUT2D eigenvalue weighted by atomic mass is 9.58. The Morgan fingerprint density at radius 1 is 1.17 bits per heavy atom. The first-order valence-corrected chi connectivity index (χ1v) is 13.1. The number of aliphatic hydroxyl groups is 2. The van der Waals surface area contributed by atoms with Crippen LogP contribution in [0.4, 0.5) is 4.39 Å². The summed E-state index contributed by atoms with van der Waals surface area (Å²) in [6, 6.07) is 5.12. The van der Waals surface area contributed by atoms with Crippen LogP contribution in [0.3, 0.4) is 0 Å². The molecule has 7 atom stereocenters. The third-order valence-corrected chi connectivity index (χ3v) is 8.59. The van der Waals surface area contributed by atoms with Gasteiger partial charge in [-0.3, -0.25) is 14.6 Å². The molecule has 2 aliphatic heterocycles. The Morgan fingerprint density at radius 2 is 1.92 bits per heavy atom. The molecule has 0 radical (unpaired) electrons. The lowest BCUT2D eigenvalue weighted by Gasteiger charge is -2.46. The van der Waals surface area contributed by atoms with Gasteiger partial charge in [-0.25, -0.2) is 4.39 Å². The van der Waals surface area contributed by atoms with Gasteiger partial charge in [0.25, 0.3) is 0 Å². The van der Waals surface area contributed by atoms with Crippen LogP contribution in [0, 0.1) is 17.3 Å². The van der Waals surface area contributed by atoms with E-state index in [4.69, 9.17) is 9.47 Å². The van der Waals surface area contributed by atoms with E-state index >= 15 is 4.39 Å². The van der Waals surface area contributed by atoms with E-state index in [1.165, 1.54) is 6.08 Å². The van der Waals surface area contributed by atoms with Crippen molar-refractivity contribution in [3.63, 3.8) is 0 Å². The second-order valence-corrected chi connectivity index (χ2v) is 11.2. The third-order valence-electron chi connectivity index (χ3n) is 8.59. The van der Waals surface area contributed by atoms with Crippen molar-refractivity contribution in [2.24, 2.45) is 17.3 Å². The molecule has 2 saturated heterocycles. The van der Waals surface area contributed by atoms with Gasteiger partial charge in [-0.15, -0.1) is 0 Å². The van der Waals surface area contributed by atoms with Gasteiger partial charge in [-0.1, -0.05) is 32.8 Å².